The van der Waals surface area contributed by atoms with Gasteiger partial charge < -0.3 is 15.8 Å². The van der Waals surface area contributed by atoms with Crippen molar-refractivity contribution in [3.8, 4) is 5.88 Å². The lowest BCUT2D eigenvalue weighted by atomic mass is 10.0. The Balaban J connectivity index is 2.00. The van der Waals surface area contributed by atoms with Gasteiger partial charge in [0.2, 0.25) is 5.88 Å². The predicted octanol–water partition coefficient (Wildman–Crippen LogP) is 1.95. The number of nitrogens with two attached hydrogens (primary N) is 1. The van der Waals surface area contributed by atoms with Crippen LogP contribution < -0.4 is 15.8 Å². The van der Waals surface area contributed by atoms with Crippen LogP contribution in [0.2, 0.25) is 0 Å². The Morgan fingerprint density at radius 2 is 2.17 bits per heavy atom. The second-order valence-electron chi connectivity index (χ2n) is 4.73. The maximum absolute atomic E-state index is 6.19. The van der Waals surface area contributed by atoms with Gasteiger partial charge in [0.15, 0.2) is 0 Å². The van der Waals surface area contributed by atoms with E-state index in [0.717, 1.165) is 18.7 Å². The first-order valence-corrected chi connectivity index (χ1v) is 6.76. The number of hydrogen-bond donors (Lipinski definition) is 2. The van der Waals surface area contributed by atoms with Crippen LogP contribution in [-0.4, -0.2) is 28.7 Å². The van der Waals surface area contributed by atoms with Gasteiger partial charge >= 0.3 is 0 Å². The summed E-state index contributed by atoms with van der Waals surface area (Å²) >= 11 is 0. The van der Waals surface area contributed by atoms with Gasteiger partial charge in [0.1, 0.15) is 12.1 Å². The molecule has 5 nitrogen and oxygen atoms in total. The molecule has 0 spiro atoms. The van der Waals surface area contributed by atoms with Gasteiger partial charge in [-0.05, 0) is 19.8 Å². The van der Waals surface area contributed by atoms with Crippen molar-refractivity contribution < 1.29 is 4.74 Å². The van der Waals surface area contributed by atoms with E-state index in [4.69, 9.17) is 10.5 Å². The van der Waals surface area contributed by atoms with E-state index in [2.05, 4.69) is 15.3 Å². The molecule has 18 heavy (non-hydrogen) atoms. The molecule has 1 saturated carbocycles. The first kappa shape index (κ1) is 13.1. The van der Waals surface area contributed by atoms with Crippen molar-refractivity contribution in [1.29, 1.82) is 0 Å². The van der Waals surface area contributed by atoms with Crippen LogP contribution in [0.5, 0.6) is 5.88 Å². The molecule has 3 N–H and O–H groups in total. The highest BCUT2D eigenvalue weighted by Gasteiger charge is 2.20. The normalized spacial score (nSPS) is 24.3. The SMILES string of the molecule is CCOc1cc(NC2CCCCCC2N)ncn1. The standard InChI is InChI=1S/C13H22N4O/c1-2-18-13-8-12(15-9-16-13)17-11-7-5-3-4-6-10(11)14/h8-11H,2-7,14H2,1H3,(H,15,16,17). The molecule has 2 atom stereocenters. The Bertz CT molecular complexity index is 372. The Hall–Kier alpha value is -1.36. The van der Waals surface area contributed by atoms with Crippen molar-refractivity contribution in [3.05, 3.63) is 12.4 Å². The molecule has 1 aliphatic carbocycles. The van der Waals surface area contributed by atoms with Gasteiger partial charge in [0.05, 0.1) is 6.61 Å². The van der Waals surface area contributed by atoms with Crippen LogP contribution in [0.3, 0.4) is 0 Å². The molecule has 1 fully saturated rings. The first-order valence-electron chi connectivity index (χ1n) is 6.76. The third-order valence-electron chi connectivity index (χ3n) is 3.34. The summed E-state index contributed by atoms with van der Waals surface area (Å²) in [6.45, 7) is 2.55. The smallest absolute Gasteiger partial charge is 0.218 e. The largest absolute Gasteiger partial charge is 0.478 e. The molecule has 100 valence electrons. The van der Waals surface area contributed by atoms with E-state index in [-0.39, 0.29) is 6.04 Å². The number of rotatable bonds is 4. The molecule has 1 aromatic heterocycles. The van der Waals surface area contributed by atoms with E-state index in [1.807, 2.05) is 13.0 Å². The predicted molar refractivity (Wildman–Crippen MR) is 71.7 cm³/mol. The van der Waals surface area contributed by atoms with Gasteiger partial charge in [-0.15, -0.1) is 0 Å². The summed E-state index contributed by atoms with van der Waals surface area (Å²) < 4.78 is 5.36. The second kappa shape index (κ2) is 6.54. The van der Waals surface area contributed by atoms with Crippen LogP contribution in [0, 0.1) is 0 Å². The van der Waals surface area contributed by atoms with Gasteiger partial charge in [-0.1, -0.05) is 19.3 Å². The van der Waals surface area contributed by atoms with E-state index in [9.17, 15) is 0 Å². The Morgan fingerprint density at radius 3 is 3.00 bits per heavy atom. The Kier molecular flexibility index (Phi) is 4.75. The molecule has 5 heteroatoms. The molecule has 0 aromatic carbocycles. The minimum atomic E-state index is 0.206. The zero-order valence-electron chi connectivity index (χ0n) is 10.9. The van der Waals surface area contributed by atoms with Crippen LogP contribution in [-0.2, 0) is 0 Å². The molecular weight excluding hydrogens is 228 g/mol. The molecule has 2 rings (SSSR count). The van der Waals surface area contributed by atoms with Crippen molar-refractivity contribution in [2.24, 2.45) is 5.73 Å². The summed E-state index contributed by atoms with van der Waals surface area (Å²) in [6.07, 6.45) is 7.45. The van der Waals surface area contributed by atoms with Crippen molar-refractivity contribution in [2.75, 3.05) is 11.9 Å². The fourth-order valence-electron chi connectivity index (χ4n) is 2.35. The van der Waals surface area contributed by atoms with Gasteiger partial charge in [-0.3, -0.25) is 0 Å². The van der Waals surface area contributed by atoms with Crippen molar-refractivity contribution in [1.82, 2.24) is 9.97 Å². The summed E-state index contributed by atoms with van der Waals surface area (Å²) in [4.78, 5) is 8.28. The molecule has 0 radical (unpaired) electrons. The second-order valence-corrected chi connectivity index (χ2v) is 4.73. The Labute approximate surface area is 108 Å². The zero-order chi connectivity index (χ0) is 12.8. The van der Waals surface area contributed by atoms with E-state index < -0.39 is 0 Å². The summed E-state index contributed by atoms with van der Waals surface area (Å²) in [5.41, 5.74) is 6.19. The number of nitrogens with zero attached hydrogens (tertiary/aromatic N) is 2. The summed E-state index contributed by atoms with van der Waals surface area (Å²) in [7, 11) is 0. The molecule has 1 aromatic rings. The number of aromatic nitrogens is 2. The highest BCUT2D eigenvalue weighted by Crippen LogP contribution is 2.20. The molecule has 1 aliphatic rings. The Morgan fingerprint density at radius 1 is 1.33 bits per heavy atom. The molecule has 1 heterocycles. The van der Waals surface area contributed by atoms with Crippen LogP contribution >= 0.6 is 0 Å². The van der Waals surface area contributed by atoms with E-state index >= 15 is 0 Å². The highest BCUT2D eigenvalue weighted by atomic mass is 16.5. The highest BCUT2D eigenvalue weighted by molar-refractivity contribution is 5.38. The maximum atomic E-state index is 6.19. The average molecular weight is 250 g/mol. The third-order valence-corrected chi connectivity index (χ3v) is 3.34. The van der Waals surface area contributed by atoms with E-state index in [0.29, 0.717) is 18.5 Å². The molecule has 2 unspecified atom stereocenters. The van der Waals surface area contributed by atoms with Crippen LogP contribution in [0.1, 0.15) is 39.0 Å². The van der Waals surface area contributed by atoms with Crippen molar-refractivity contribution in [2.45, 2.75) is 51.1 Å². The van der Waals surface area contributed by atoms with Crippen LogP contribution in [0.15, 0.2) is 12.4 Å². The monoisotopic (exact) mass is 250 g/mol. The summed E-state index contributed by atoms with van der Waals surface area (Å²) in [5.74, 6) is 1.41. The lowest BCUT2D eigenvalue weighted by molar-refractivity contribution is 0.326. The van der Waals surface area contributed by atoms with E-state index in [1.165, 1.54) is 25.6 Å². The van der Waals surface area contributed by atoms with Gasteiger partial charge in [-0.2, -0.15) is 0 Å². The summed E-state index contributed by atoms with van der Waals surface area (Å²) in [5, 5.41) is 3.41. The number of anilines is 1. The zero-order valence-corrected chi connectivity index (χ0v) is 10.9. The number of nitrogens with one attached hydrogen (secondary N) is 1. The molecule has 0 amide bonds. The maximum Gasteiger partial charge on any atom is 0.218 e. The van der Waals surface area contributed by atoms with Gasteiger partial charge in [-0.25, -0.2) is 9.97 Å². The topological polar surface area (TPSA) is 73.1 Å². The lowest BCUT2D eigenvalue weighted by Gasteiger charge is -2.23. The lowest BCUT2D eigenvalue weighted by Crippen LogP contribution is -2.39. The fraction of sp³-hybridized carbons (Fsp3) is 0.692. The fourth-order valence-corrected chi connectivity index (χ4v) is 2.35. The molecule has 0 aliphatic heterocycles. The van der Waals surface area contributed by atoms with Gasteiger partial charge in [0.25, 0.3) is 0 Å². The quantitative estimate of drug-likeness (QED) is 0.799. The average Bonchev–Trinajstić information content (AvgIpc) is 2.56. The van der Waals surface area contributed by atoms with Crippen LogP contribution in [0.25, 0.3) is 0 Å². The number of hydrogen-bond acceptors (Lipinski definition) is 5. The molecule has 0 bridgehead atoms. The van der Waals surface area contributed by atoms with Crippen molar-refractivity contribution in [3.63, 3.8) is 0 Å². The minimum absolute atomic E-state index is 0.206. The minimum Gasteiger partial charge on any atom is -0.478 e. The van der Waals surface area contributed by atoms with Gasteiger partial charge in [0, 0.05) is 18.2 Å². The van der Waals surface area contributed by atoms with Crippen molar-refractivity contribution >= 4 is 5.82 Å². The first-order chi connectivity index (χ1) is 8.79. The third kappa shape index (κ3) is 3.57. The molecule has 0 saturated heterocycles. The number of ether oxygens (including phenoxy) is 1. The molecular formula is C13H22N4O. The summed E-state index contributed by atoms with van der Waals surface area (Å²) in [6, 6.07) is 2.34. The van der Waals surface area contributed by atoms with Crippen LogP contribution in [0.4, 0.5) is 5.82 Å². The van der Waals surface area contributed by atoms with E-state index in [1.54, 1.807) is 0 Å².